The Morgan fingerprint density at radius 3 is 2.91 bits per heavy atom. The van der Waals surface area contributed by atoms with Gasteiger partial charge in [-0.15, -0.1) is 18.2 Å². The predicted octanol–water partition coefficient (Wildman–Crippen LogP) is 1.30. The molecular formula is C8H14FNS. The molecule has 0 aliphatic carbocycles. The van der Waals surface area contributed by atoms with E-state index in [1.54, 1.807) is 11.8 Å². The van der Waals surface area contributed by atoms with E-state index < -0.39 is 0 Å². The van der Waals surface area contributed by atoms with E-state index >= 15 is 0 Å². The third kappa shape index (κ3) is 9.80. The van der Waals surface area contributed by atoms with Crippen LogP contribution in [0.4, 0.5) is 4.39 Å². The number of nitrogens with one attached hydrogen (secondary N) is 1. The molecule has 3 heteroatoms. The third-order valence-electron chi connectivity index (χ3n) is 1.10. The molecule has 0 bridgehead atoms. The molecule has 0 saturated carbocycles. The van der Waals surface area contributed by atoms with E-state index in [0.717, 1.165) is 24.6 Å². The van der Waals surface area contributed by atoms with Crippen LogP contribution in [0.2, 0.25) is 0 Å². The molecule has 0 spiro atoms. The summed E-state index contributed by atoms with van der Waals surface area (Å²) >= 11 is 1.72. The van der Waals surface area contributed by atoms with E-state index in [2.05, 4.69) is 11.2 Å². The minimum atomic E-state index is -0.232. The summed E-state index contributed by atoms with van der Waals surface area (Å²) in [6.45, 7) is 1.46. The van der Waals surface area contributed by atoms with Gasteiger partial charge in [0.25, 0.3) is 0 Å². The molecule has 0 heterocycles. The van der Waals surface area contributed by atoms with Gasteiger partial charge in [-0.05, 0) is 13.0 Å². The van der Waals surface area contributed by atoms with Crippen LogP contribution >= 0.6 is 11.8 Å². The Labute approximate surface area is 72.1 Å². The molecule has 0 unspecified atom stereocenters. The first-order valence-electron chi connectivity index (χ1n) is 3.69. The van der Waals surface area contributed by atoms with Crippen molar-refractivity contribution in [2.75, 3.05) is 31.3 Å². The van der Waals surface area contributed by atoms with Gasteiger partial charge in [-0.2, -0.15) is 0 Å². The normalized spacial score (nSPS) is 9.45. The zero-order valence-electron chi connectivity index (χ0n) is 6.61. The van der Waals surface area contributed by atoms with E-state index in [1.165, 1.54) is 0 Å². The molecule has 0 fully saturated rings. The molecule has 0 atom stereocenters. The summed E-state index contributed by atoms with van der Waals surface area (Å²) in [5.74, 6) is 4.32. The van der Waals surface area contributed by atoms with Gasteiger partial charge in [-0.3, -0.25) is 4.39 Å². The second kappa shape index (κ2) is 9.80. The van der Waals surface area contributed by atoms with Gasteiger partial charge in [-0.1, -0.05) is 5.92 Å². The molecule has 0 aliphatic heterocycles. The van der Waals surface area contributed by atoms with Crippen molar-refractivity contribution < 1.29 is 4.39 Å². The van der Waals surface area contributed by atoms with Gasteiger partial charge < -0.3 is 5.32 Å². The molecule has 0 rings (SSSR count). The molecule has 64 valence electrons. The molecule has 11 heavy (non-hydrogen) atoms. The predicted molar refractivity (Wildman–Crippen MR) is 49.6 cm³/mol. The van der Waals surface area contributed by atoms with Crippen LogP contribution in [0.5, 0.6) is 0 Å². The summed E-state index contributed by atoms with van der Waals surface area (Å²) in [5, 5.41) is 3.12. The van der Waals surface area contributed by atoms with Crippen molar-refractivity contribution in [3.8, 4) is 12.3 Å². The lowest BCUT2D eigenvalue weighted by molar-refractivity contribution is 0.462. The molecule has 0 amide bonds. The highest BCUT2D eigenvalue weighted by Gasteiger charge is 1.87. The molecule has 0 aromatic heterocycles. The number of hydrogen-bond acceptors (Lipinski definition) is 2. The van der Waals surface area contributed by atoms with E-state index in [4.69, 9.17) is 6.42 Å². The number of terminal acetylenes is 1. The SMILES string of the molecule is C#CCSCCNCCCF. The fourth-order valence-corrected chi connectivity index (χ4v) is 1.14. The molecule has 0 aliphatic rings. The summed E-state index contributed by atoms with van der Waals surface area (Å²) in [6, 6.07) is 0. The van der Waals surface area contributed by atoms with Crippen molar-refractivity contribution >= 4 is 11.8 Å². The number of rotatable bonds is 7. The second-order valence-electron chi connectivity index (χ2n) is 2.05. The second-order valence-corrected chi connectivity index (χ2v) is 3.15. The van der Waals surface area contributed by atoms with Crippen LogP contribution in [0.3, 0.4) is 0 Å². The number of halogens is 1. The Balaban J connectivity index is 2.75. The highest BCUT2D eigenvalue weighted by molar-refractivity contribution is 7.99. The van der Waals surface area contributed by atoms with Gasteiger partial charge in [-0.25, -0.2) is 0 Å². The average molecular weight is 175 g/mol. The largest absolute Gasteiger partial charge is 0.316 e. The minimum Gasteiger partial charge on any atom is -0.316 e. The van der Waals surface area contributed by atoms with Crippen molar-refractivity contribution in [1.29, 1.82) is 0 Å². The van der Waals surface area contributed by atoms with Crippen molar-refractivity contribution in [2.45, 2.75) is 6.42 Å². The maximum absolute atomic E-state index is 11.6. The molecule has 1 N–H and O–H groups in total. The van der Waals surface area contributed by atoms with E-state index in [0.29, 0.717) is 6.42 Å². The Morgan fingerprint density at radius 2 is 2.27 bits per heavy atom. The standard InChI is InChI=1S/C8H14FNS/c1-2-7-11-8-6-10-5-3-4-9/h1,10H,3-8H2. The smallest absolute Gasteiger partial charge is 0.0906 e. The van der Waals surface area contributed by atoms with Gasteiger partial charge in [0.2, 0.25) is 0 Å². The molecule has 0 radical (unpaired) electrons. The first-order valence-corrected chi connectivity index (χ1v) is 4.85. The molecule has 1 nitrogen and oxygen atoms in total. The summed E-state index contributed by atoms with van der Waals surface area (Å²) in [4.78, 5) is 0. The topological polar surface area (TPSA) is 12.0 Å². The van der Waals surface area contributed by atoms with Crippen molar-refractivity contribution in [3.63, 3.8) is 0 Å². The van der Waals surface area contributed by atoms with Crippen molar-refractivity contribution in [1.82, 2.24) is 5.32 Å². The van der Waals surface area contributed by atoms with Crippen LogP contribution in [0.1, 0.15) is 6.42 Å². The van der Waals surface area contributed by atoms with E-state index in [-0.39, 0.29) is 6.67 Å². The van der Waals surface area contributed by atoms with Crippen LogP contribution in [-0.4, -0.2) is 31.3 Å². The number of thioether (sulfide) groups is 1. The van der Waals surface area contributed by atoms with Gasteiger partial charge in [0, 0.05) is 12.3 Å². The minimum absolute atomic E-state index is 0.232. The third-order valence-corrected chi connectivity index (χ3v) is 1.96. The summed E-state index contributed by atoms with van der Waals surface area (Å²) in [6.07, 6.45) is 5.66. The zero-order chi connectivity index (χ0) is 8.36. The highest BCUT2D eigenvalue weighted by Crippen LogP contribution is 1.94. The summed E-state index contributed by atoms with van der Waals surface area (Å²) < 4.78 is 11.6. The van der Waals surface area contributed by atoms with Crippen LogP contribution in [0, 0.1) is 12.3 Å². The molecule has 0 aromatic carbocycles. The van der Waals surface area contributed by atoms with Crippen molar-refractivity contribution in [2.24, 2.45) is 0 Å². The lowest BCUT2D eigenvalue weighted by Crippen LogP contribution is -2.18. The Morgan fingerprint density at radius 1 is 1.45 bits per heavy atom. The molecule has 0 saturated heterocycles. The van der Waals surface area contributed by atoms with Gasteiger partial charge >= 0.3 is 0 Å². The van der Waals surface area contributed by atoms with Crippen LogP contribution < -0.4 is 5.32 Å². The Kier molecular flexibility index (Phi) is 9.62. The van der Waals surface area contributed by atoms with E-state index in [9.17, 15) is 4.39 Å². The van der Waals surface area contributed by atoms with Crippen LogP contribution in [0.25, 0.3) is 0 Å². The maximum Gasteiger partial charge on any atom is 0.0906 e. The number of alkyl halides is 1. The molecular weight excluding hydrogens is 161 g/mol. The fraction of sp³-hybridized carbons (Fsp3) is 0.750. The zero-order valence-corrected chi connectivity index (χ0v) is 7.42. The van der Waals surface area contributed by atoms with Gasteiger partial charge in [0.1, 0.15) is 0 Å². The Bertz CT molecular complexity index is 111. The maximum atomic E-state index is 11.6. The molecule has 0 aromatic rings. The highest BCUT2D eigenvalue weighted by atomic mass is 32.2. The lowest BCUT2D eigenvalue weighted by atomic mass is 10.5. The van der Waals surface area contributed by atoms with Crippen molar-refractivity contribution in [3.05, 3.63) is 0 Å². The van der Waals surface area contributed by atoms with E-state index in [1.807, 2.05) is 0 Å². The number of hydrogen-bond donors (Lipinski definition) is 1. The lowest BCUT2D eigenvalue weighted by Gasteiger charge is -2.00. The fourth-order valence-electron chi connectivity index (χ4n) is 0.592. The quantitative estimate of drug-likeness (QED) is 0.462. The van der Waals surface area contributed by atoms with Crippen LogP contribution in [-0.2, 0) is 0 Å². The first kappa shape index (κ1) is 10.8. The Hall–Kier alpha value is -0.200. The monoisotopic (exact) mass is 175 g/mol. The van der Waals surface area contributed by atoms with Gasteiger partial charge in [0.05, 0.1) is 12.4 Å². The van der Waals surface area contributed by atoms with Crippen LogP contribution in [0.15, 0.2) is 0 Å². The average Bonchev–Trinajstić information content (AvgIpc) is 2.03. The first-order chi connectivity index (χ1) is 5.41. The summed E-state index contributed by atoms with van der Waals surface area (Å²) in [7, 11) is 0. The summed E-state index contributed by atoms with van der Waals surface area (Å²) in [5.41, 5.74) is 0. The van der Waals surface area contributed by atoms with Gasteiger partial charge in [0.15, 0.2) is 0 Å².